The number of benzene rings is 1. The molecule has 0 saturated carbocycles. The zero-order valence-corrected chi connectivity index (χ0v) is 10.2. The second-order valence-corrected chi connectivity index (χ2v) is 4.73. The van der Waals surface area contributed by atoms with Crippen molar-refractivity contribution in [3.05, 3.63) is 36.0 Å². The molecule has 0 aliphatic heterocycles. The molecule has 0 spiro atoms. The second-order valence-electron chi connectivity index (χ2n) is 3.70. The van der Waals surface area contributed by atoms with Crippen molar-refractivity contribution in [3.63, 3.8) is 0 Å². The van der Waals surface area contributed by atoms with E-state index in [0.717, 1.165) is 30.0 Å². The van der Waals surface area contributed by atoms with Crippen molar-refractivity contribution < 1.29 is 8.78 Å². The highest BCUT2D eigenvalue weighted by Crippen LogP contribution is 2.33. The second kappa shape index (κ2) is 4.47. The Labute approximate surface area is 110 Å². The summed E-state index contributed by atoms with van der Waals surface area (Å²) < 4.78 is 26.7. The van der Waals surface area contributed by atoms with Crippen LogP contribution in [0.2, 0.25) is 0 Å². The van der Waals surface area contributed by atoms with E-state index in [1.54, 1.807) is 0 Å². The molecule has 3 rings (SSSR count). The molecule has 0 unspecified atom stereocenters. The Morgan fingerprint density at radius 3 is 2.89 bits per heavy atom. The molecule has 0 fully saturated rings. The number of anilines is 1. The molecule has 1 aromatic carbocycles. The van der Waals surface area contributed by atoms with E-state index in [4.69, 9.17) is 5.73 Å². The molecule has 0 aliphatic rings. The minimum absolute atomic E-state index is 0.0380. The molecule has 3 N–H and O–H groups in total. The van der Waals surface area contributed by atoms with Gasteiger partial charge in [-0.2, -0.15) is 10.1 Å². The largest absolute Gasteiger partial charge is 0.368 e. The molecule has 0 radical (unpaired) electrons. The summed E-state index contributed by atoms with van der Waals surface area (Å²) in [6.45, 7) is 0. The Hall–Kier alpha value is -2.22. The Morgan fingerprint density at radius 1 is 1.21 bits per heavy atom. The van der Waals surface area contributed by atoms with Gasteiger partial charge in [-0.25, -0.2) is 13.8 Å². The summed E-state index contributed by atoms with van der Waals surface area (Å²) in [6, 6.07) is 3.22. The molecule has 5 nitrogen and oxygen atoms in total. The number of aromatic nitrogens is 4. The van der Waals surface area contributed by atoms with Crippen molar-refractivity contribution >= 4 is 28.7 Å². The van der Waals surface area contributed by atoms with Crippen LogP contribution < -0.4 is 5.73 Å². The van der Waals surface area contributed by atoms with Gasteiger partial charge in [0.25, 0.3) is 0 Å². The van der Waals surface area contributed by atoms with Crippen LogP contribution in [0.25, 0.3) is 11.0 Å². The molecule has 8 heteroatoms. The van der Waals surface area contributed by atoms with Crippen LogP contribution in [0.1, 0.15) is 0 Å². The summed E-state index contributed by atoms with van der Waals surface area (Å²) in [5.74, 6) is -1.01. The monoisotopic (exact) mass is 279 g/mol. The average molecular weight is 279 g/mol. The first kappa shape index (κ1) is 11.8. The van der Waals surface area contributed by atoms with Gasteiger partial charge in [0.2, 0.25) is 5.95 Å². The van der Waals surface area contributed by atoms with Crippen LogP contribution in [-0.2, 0) is 0 Å². The molecule has 3 aromatic rings. The number of aromatic amines is 1. The van der Waals surface area contributed by atoms with Crippen LogP contribution in [0, 0.1) is 11.6 Å². The van der Waals surface area contributed by atoms with Crippen molar-refractivity contribution in [1.29, 1.82) is 0 Å². The van der Waals surface area contributed by atoms with Crippen molar-refractivity contribution in [2.45, 2.75) is 9.92 Å². The first-order chi connectivity index (χ1) is 9.13. The summed E-state index contributed by atoms with van der Waals surface area (Å²) in [4.78, 5) is 8.09. The molecule has 0 aliphatic carbocycles. The molecule has 96 valence electrons. The standard InChI is InChI=1S/C11H7F2N5S/c12-5-1-2-7(13)8(3-5)19-10-6-4-15-18-9(6)16-11(14)17-10/h1-4H,(H3,14,15,16,17,18). The molecule has 0 saturated heterocycles. The lowest BCUT2D eigenvalue weighted by molar-refractivity contribution is 0.577. The highest BCUT2D eigenvalue weighted by Gasteiger charge is 2.12. The normalized spacial score (nSPS) is 11.1. The number of fused-ring (bicyclic) bond motifs is 1. The first-order valence-corrected chi connectivity index (χ1v) is 6.04. The number of nitrogens with two attached hydrogens (primary N) is 1. The van der Waals surface area contributed by atoms with Gasteiger partial charge in [-0.15, -0.1) is 0 Å². The highest BCUT2D eigenvalue weighted by atomic mass is 32.2. The number of nitrogen functional groups attached to an aromatic ring is 1. The third kappa shape index (κ3) is 2.22. The minimum Gasteiger partial charge on any atom is -0.368 e. The van der Waals surface area contributed by atoms with Gasteiger partial charge in [0.1, 0.15) is 16.7 Å². The first-order valence-electron chi connectivity index (χ1n) is 5.23. The zero-order valence-electron chi connectivity index (χ0n) is 9.39. The maximum absolute atomic E-state index is 13.6. The van der Waals surface area contributed by atoms with E-state index in [-0.39, 0.29) is 10.8 Å². The van der Waals surface area contributed by atoms with Crippen molar-refractivity contribution in [1.82, 2.24) is 20.2 Å². The van der Waals surface area contributed by atoms with Gasteiger partial charge in [0.05, 0.1) is 16.5 Å². The van der Waals surface area contributed by atoms with E-state index in [2.05, 4.69) is 20.2 Å². The maximum Gasteiger partial charge on any atom is 0.223 e. The fourth-order valence-corrected chi connectivity index (χ4v) is 2.51. The predicted molar refractivity (Wildman–Crippen MR) is 66.6 cm³/mol. The molecule has 0 amide bonds. The molecule has 0 bridgehead atoms. The Bertz CT molecular complexity index is 758. The van der Waals surface area contributed by atoms with Gasteiger partial charge < -0.3 is 5.73 Å². The van der Waals surface area contributed by atoms with E-state index in [0.29, 0.717) is 16.1 Å². The average Bonchev–Trinajstić information content (AvgIpc) is 2.82. The number of rotatable bonds is 2. The molecule has 2 aromatic heterocycles. The van der Waals surface area contributed by atoms with Crippen LogP contribution >= 0.6 is 11.8 Å². The zero-order chi connectivity index (χ0) is 13.4. The lowest BCUT2D eigenvalue weighted by Crippen LogP contribution is -1.97. The lowest BCUT2D eigenvalue weighted by atomic mass is 10.3. The van der Waals surface area contributed by atoms with Crippen molar-refractivity contribution in [2.75, 3.05) is 5.73 Å². The smallest absolute Gasteiger partial charge is 0.223 e. The number of halogens is 2. The lowest BCUT2D eigenvalue weighted by Gasteiger charge is -2.04. The van der Waals surface area contributed by atoms with Crippen LogP contribution in [0.3, 0.4) is 0 Å². The highest BCUT2D eigenvalue weighted by molar-refractivity contribution is 7.99. The maximum atomic E-state index is 13.6. The van der Waals surface area contributed by atoms with E-state index >= 15 is 0 Å². The van der Waals surface area contributed by atoms with E-state index < -0.39 is 11.6 Å². The van der Waals surface area contributed by atoms with Crippen molar-refractivity contribution in [3.8, 4) is 0 Å². The third-order valence-electron chi connectivity index (χ3n) is 2.39. The number of nitrogens with zero attached hydrogens (tertiary/aromatic N) is 3. The van der Waals surface area contributed by atoms with E-state index in [1.807, 2.05) is 0 Å². The number of H-pyrrole nitrogens is 1. The van der Waals surface area contributed by atoms with Gasteiger partial charge in [-0.05, 0) is 18.2 Å². The molecular weight excluding hydrogens is 272 g/mol. The van der Waals surface area contributed by atoms with E-state index in [1.165, 1.54) is 6.20 Å². The van der Waals surface area contributed by atoms with Crippen LogP contribution in [-0.4, -0.2) is 20.2 Å². The summed E-state index contributed by atoms with van der Waals surface area (Å²) in [6.07, 6.45) is 1.51. The Kier molecular flexibility index (Phi) is 2.79. The molecular formula is C11H7F2N5S. The van der Waals surface area contributed by atoms with Gasteiger partial charge >= 0.3 is 0 Å². The SMILES string of the molecule is Nc1nc(Sc2cc(F)ccc2F)c2cn[nH]c2n1. The molecule has 19 heavy (non-hydrogen) atoms. The van der Waals surface area contributed by atoms with Crippen molar-refractivity contribution in [2.24, 2.45) is 0 Å². The predicted octanol–water partition coefficient (Wildman–Crippen LogP) is 2.36. The van der Waals surface area contributed by atoms with Gasteiger partial charge in [0.15, 0.2) is 5.65 Å². The van der Waals surface area contributed by atoms with Crippen LogP contribution in [0.5, 0.6) is 0 Å². The van der Waals surface area contributed by atoms with Crippen LogP contribution in [0.4, 0.5) is 14.7 Å². The van der Waals surface area contributed by atoms with Gasteiger partial charge in [-0.1, -0.05) is 11.8 Å². The number of hydrogen-bond donors (Lipinski definition) is 2. The van der Waals surface area contributed by atoms with Gasteiger partial charge in [-0.3, -0.25) is 5.10 Å². The quantitative estimate of drug-likeness (QED) is 0.704. The summed E-state index contributed by atoms with van der Waals surface area (Å²) in [7, 11) is 0. The van der Waals surface area contributed by atoms with E-state index in [9.17, 15) is 8.78 Å². The fourth-order valence-electron chi connectivity index (χ4n) is 1.56. The topological polar surface area (TPSA) is 80.5 Å². The molecule has 0 atom stereocenters. The third-order valence-corrected chi connectivity index (χ3v) is 3.43. The Morgan fingerprint density at radius 2 is 2.05 bits per heavy atom. The summed E-state index contributed by atoms with van der Waals surface area (Å²) >= 11 is 0.971. The fraction of sp³-hybridized carbons (Fsp3) is 0. The number of nitrogens with one attached hydrogen (secondary N) is 1. The minimum atomic E-state index is -0.528. The van der Waals surface area contributed by atoms with Crippen LogP contribution in [0.15, 0.2) is 34.3 Å². The summed E-state index contributed by atoms with van der Waals surface area (Å²) in [5.41, 5.74) is 6.01. The number of hydrogen-bond acceptors (Lipinski definition) is 5. The summed E-state index contributed by atoms with van der Waals surface area (Å²) in [5, 5.41) is 7.49. The Balaban J connectivity index is 2.10. The molecule has 2 heterocycles. The van der Waals surface area contributed by atoms with Gasteiger partial charge in [0, 0.05) is 0 Å².